The summed E-state index contributed by atoms with van der Waals surface area (Å²) in [5.41, 5.74) is -0.661. The molecule has 1 saturated heterocycles. The fourth-order valence-corrected chi connectivity index (χ4v) is 2.39. The van der Waals surface area contributed by atoms with Crippen molar-refractivity contribution in [1.82, 2.24) is 4.90 Å². The molecule has 0 N–H and O–H groups in total. The summed E-state index contributed by atoms with van der Waals surface area (Å²) in [6.45, 7) is 2.56. The first-order chi connectivity index (χ1) is 8.89. The van der Waals surface area contributed by atoms with Gasteiger partial charge in [0.15, 0.2) is 0 Å². The van der Waals surface area contributed by atoms with E-state index in [1.165, 1.54) is 12.1 Å². The summed E-state index contributed by atoms with van der Waals surface area (Å²) in [6, 6.07) is 4.74. The molecular formula is C14H16F3NO. The van der Waals surface area contributed by atoms with Gasteiger partial charge in [-0.15, -0.1) is 0 Å². The van der Waals surface area contributed by atoms with Crippen molar-refractivity contribution in [3.05, 3.63) is 35.4 Å². The lowest BCUT2D eigenvalue weighted by Crippen LogP contribution is -2.42. The van der Waals surface area contributed by atoms with E-state index >= 15 is 0 Å². The highest BCUT2D eigenvalue weighted by atomic mass is 19.4. The van der Waals surface area contributed by atoms with Crippen molar-refractivity contribution in [2.75, 3.05) is 6.54 Å². The number of piperidine rings is 1. The Labute approximate surface area is 110 Å². The molecule has 5 heteroatoms. The summed E-state index contributed by atoms with van der Waals surface area (Å²) in [4.78, 5) is 13.9. The molecule has 1 atom stereocenters. The maximum atomic E-state index is 12.6. The predicted octanol–water partition coefficient (Wildman–Crippen LogP) is 3.72. The smallest absolute Gasteiger partial charge is 0.336 e. The summed E-state index contributed by atoms with van der Waals surface area (Å²) in [5, 5.41) is 0. The van der Waals surface area contributed by atoms with E-state index in [2.05, 4.69) is 0 Å². The first kappa shape index (κ1) is 13.9. The van der Waals surface area contributed by atoms with Crippen molar-refractivity contribution in [1.29, 1.82) is 0 Å². The maximum Gasteiger partial charge on any atom is 0.416 e. The van der Waals surface area contributed by atoms with Crippen LogP contribution in [0.5, 0.6) is 0 Å². The van der Waals surface area contributed by atoms with Gasteiger partial charge in [-0.05, 0) is 44.4 Å². The van der Waals surface area contributed by atoms with E-state index in [-0.39, 0.29) is 17.5 Å². The Bertz CT molecular complexity index is 470. The van der Waals surface area contributed by atoms with Gasteiger partial charge in [0.2, 0.25) is 0 Å². The summed E-state index contributed by atoms with van der Waals surface area (Å²) in [6.07, 6.45) is -1.53. The molecule has 0 radical (unpaired) electrons. The Morgan fingerprint density at radius 2 is 2.05 bits per heavy atom. The number of halogens is 3. The zero-order valence-electron chi connectivity index (χ0n) is 10.7. The second kappa shape index (κ2) is 5.23. The standard InChI is InChI=1S/C14H16F3NO/c1-10-5-2-3-8-18(10)13(19)11-6-4-7-12(9-11)14(15,16)17/h4,6-7,9-10H,2-3,5,8H2,1H3. The molecule has 1 fully saturated rings. The van der Waals surface area contributed by atoms with Gasteiger partial charge in [0, 0.05) is 18.2 Å². The molecule has 1 aliphatic heterocycles. The van der Waals surface area contributed by atoms with Gasteiger partial charge in [0.1, 0.15) is 0 Å². The number of hydrogen-bond acceptors (Lipinski definition) is 1. The number of amides is 1. The fourth-order valence-electron chi connectivity index (χ4n) is 2.39. The van der Waals surface area contributed by atoms with E-state index in [1.807, 2.05) is 6.92 Å². The van der Waals surface area contributed by atoms with Crippen LogP contribution in [0.25, 0.3) is 0 Å². The first-order valence-electron chi connectivity index (χ1n) is 6.38. The molecule has 0 bridgehead atoms. The van der Waals surface area contributed by atoms with Gasteiger partial charge in [-0.3, -0.25) is 4.79 Å². The van der Waals surface area contributed by atoms with Crippen LogP contribution >= 0.6 is 0 Å². The number of rotatable bonds is 1. The number of carbonyl (C=O) groups excluding carboxylic acids is 1. The minimum Gasteiger partial charge on any atom is -0.336 e. The van der Waals surface area contributed by atoms with Crippen LogP contribution in [0.3, 0.4) is 0 Å². The Morgan fingerprint density at radius 1 is 1.32 bits per heavy atom. The highest BCUT2D eigenvalue weighted by Crippen LogP contribution is 2.30. The average Bonchev–Trinajstić information content (AvgIpc) is 2.38. The fraction of sp³-hybridized carbons (Fsp3) is 0.500. The molecular weight excluding hydrogens is 255 g/mol. The number of likely N-dealkylation sites (tertiary alicyclic amines) is 1. The van der Waals surface area contributed by atoms with Crippen LogP contribution in [-0.4, -0.2) is 23.4 Å². The van der Waals surface area contributed by atoms with E-state index in [1.54, 1.807) is 4.90 Å². The molecule has 0 spiro atoms. The first-order valence-corrected chi connectivity index (χ1v) is 6.38. The highest BCUT2D eigenvalue weighted by Gasteiger charge is 2.32. The SMILES string of the molecule is CC1CCCCN1C(=O)c1cccc(C(F)(F)F)c1. The third kappa shape index (κ3) is 3.08. The van der Waals surface area contributed by atoms with Gasteiger partial charge in [-0.25, -0.2) is 0 Å². The molecule has 1 amide bonds. The lowest BCUT2D eigenvalue weighted by Gasteiger charge is -2.33. The predicted molar refractivity (Wildman–Crippen MR) is 65.8 cm³/mol. The van der Waals surface area contributed by atoms with Crippen molar-refractivity contribution < 1.29 is 18.0 Å². The topological polar surface area (TPSA) is 20.3 Å². The zero-order valence-corrected chi connectivity index (χ0v) is 10.7. The Morgan fingerprint density at radius 3 is 2.68 bits per heavy atom. The second-order valence-electron chi connectivity index (χ2n) is 4.92. The molecule has 104 valence electrons. The molecule has 2 nitrogen and oxygen atoms in total. The van der Waals surface area contributed by atoms with Crippen molar-refractivity contribution in [3.63, 3.8) is 0 Å². The normalized spacial score (nSPS) is 20.4. The average molecular weight is 271 g/mol. The zero-order chi connectivity index (χ0) is 14.0. The van der Waals surface area contributed by atoms with E-state index in [4.69, 9.17) is 0 Å². The largest absolute Gasteiger partial charge is 0.416 e. The molecule has 1 aromatic carbocycles. The summed E-state index contributed by atoms with van der Waals surface area (Å²) in [5.74, 6) is -0.307. The molecule has 1 heterocycles. The molecule has 2 rings (SSSR count). The van der Waals surface area contributed by atoms with Crippen molar-refractivity contribution in [2.24, 2.45) is 0 Å². The monoisotopic (exact) mass is 271 g/mol. The minimum absolute atomic E-state index is 0.0933. The molecule has 19 heavy (non-hydrogen) atoms. The third-order valence-electron chi connectivity index (χ3n) is 3.50. The molecule has 1 aromatic rings. The van der Waals surface area contributed by atoms with Crippen molar-refractivity contribution in [2.45, 2.75) is 38.4 Å². The van der Waals surface area contributed by atoms with E-state index in [9.17, 15) is 18.0 Å². The summed E-state index contributed by atoms with van der Waals surface area (Å²) >= 11 is 0. The number of nitrogens with zero attached hydrogens (tertiary/aromatic N) is 1. The second-order valence-corrected chi connectivity index (χ2v) is 4.92. The van der Waals surface area contributed by atoms with Gasteiger partial charge in [-0.1, -0.05) is 6.07 Å². The van der Waals surface area contributed by atoms with Crippen LogP contribution in [-0.2, 0) is 6.18 Å². The van der Waals surface area contributed by atoms with Gasteiger partial charge in [0.05, 0.1) is 5.56 Å². The highest BCUT2D eigenvalue weighted by molar-refractivity contribution is 5.94. The molecule has 0 aliphatic carbocycles. The van der Waals surface area contributed by atoms with E-state index in [0.29, 0.717) is 6.54 Å². The Hall–Kier alpha value is -1.52. The number of carbonyl (C=O) groups is 1. The lowest BCUT2D eigenvalue weighted by atomic mass is 10.0. The summed E-state index contributed by atoms with van der Waals surface area (Å²) in [7, 11) is 0. The van der Waals surface area contributed by atoms with Crippen LogP contribution in [0.2, 0.25) is 0 Å². The quantitative estimate of drug-likeness (QED) is 0.762. The number of benzene rings is 1. The molecule has 0 saturated carbocycles. The summed E-state index contributed by atoms with van der Waals surface area (Å²) < 4.78 is 37.9. The minimum atomic E-state index is -4.41. The van der Waals surface area contributed by atoms with Crippen LogP contribution in [0.4, 0.5) is 13.2 Å². The number of hydrogen-bond donors (Lipinski definition) is 0. The Kier molecular flexibility index (Phi) is 3.83. The van der Waals surface area contributed by atoms with Crippen LogP contribution in [0, 0.1) is 0 Å². The van der Waals surface area contributed by atoms with Gasteiger partial charge < -0.3 is 4.90 Å². The van der Waals surface area contributed by atoms with Gasteiger partial charge >= 0.3 is 6.18 Å². The maximum absolute atomic E-state index is 12.6. The lowest BCUT2D eigenvalue weighted by molar-refractivity contribution is -0.137. The molecule has 1 unspecified atom stereocenters. The van der Waals surface area contributed by atoms with E-state index < -0.39 is 11.7 Å². The Balaban J connectivity index is 2.24. The van der Waals surface area contributed by atoms with Crippen molar-refractivity contribution >= 4 is 5.91 Å². The molecule has 1 aliphatic rings. The van der Waals surface area contributed by atoms with Crippen LogP contribution in [0.15, 0.2) is 24.3 Å². The van der Waals surface area contributed by atoms with Crippen LogP contribution in [0.1, 0.15) is 42.1 Å². The third-order valence-corrected chi connectivity index (χ3v) is 3.50. The van der Waals surface area contributed by atoms with Gasteiger partial charge in [0.25, 0.3) is 5.91 Å². The van der Waals surface area contributed by atoms with Gasteiger partial charge in [-0.2, -0.15) is 13.2 Å². The van der Waals surface area contributed by atoms with Crippen LogP contribution < -0.4 is 0 Å². The molecule has 0 aromatic heterocycles. The van der Waals surface area contributed by atoms with E-state index in [0.717, 1.165) is 31.4 Å². The van der Waals surface area contributed by atoms with Crippen molar-refractivity contribution in [3.8, 4) is 0 Å². The number of alkyl halides is 3.